The van der Waals surface area contributed by atoms with E-state index >= 15 is 0 Å². The standard InChI is InChI=1S/C21H28N2O3/c1-4-6-7-11-14-25-18-15-22-21(26-20(24)16(3)5-2)23-19(18)17-12-9-8-10-13-17/h8-10,12-13,15-16H,4-7,11,14H2,1-3H3. The van der Waals surface area contributed by atoms with E-state index in [0.29, 0.717) is 24.5 Å². The molecule has 0 amide bonds. The highest BCUT2D eigenvalue weighted by Gasteiger charge is 2.17. The first-order chi connectivity index (χ1) is 12.7. The molecule has 0 saturated heterocycles. The van der Waals surface area contributed by atoms with E-state index < -0.39 is 0 Å². The molecule has 1 unspecified atom stereocenters. The molecule has 0 aliphatic rings. The third-order valence-electron chi connectivity index (χ3n) is 4.24. The van der Waals surface area contributed by atoms with Gasteiger partial charge in [0.2, 0.25) is 0 Å². The lowest BCUT2D eigenvalue weighted by Gasteiger charge is -2.13. The lowest BCUT2D eigenvalue weighted by atomic mass is 10.1. The van der Waals surface area contributed by atoms with Crippen molar-refractivity contribution < 1.29 is 14.3 Å². The van der Waals surface area contributed by atoms with Crippen molar-refractivity contribution >= 4 is 5.97 Å². The van der Waals surface area contributed by atoms with Crippen LogP contribution in [0.3, 0.4) is 0 Å². The predicted molar refractivity (Wildman–Crippen MR) is 102 cm³/mol. The molecule has 26 heavy (non-hydrogen) atoms. The van der Waals surface area contributed by atoms with Crippen LogP contribution in [0.2, 0.25) is 0 Å². The molecule has 140 valence electrons. The highest BCUT2D eigenvalue weighted by Crippen LogP contribution is 2.29. The molecular formula is C21H28N2O3. The third kappa shape index (κ3) is 5.83. The SMILES string of the molecule is CCCCCCOc1cnc(OC(=O)C(C)CC)nc1-c1ccccc1. The van der Waals surface area contributed by atoms with E-state index in [0.717, 1.165) is 18.4 Å². The summed E-state index contributed by atoms with van der Waals surface area (Å²) in [6.45, 7) is 6.57. The summed E-state index contributed by atoms with van der Waals surface area (Å²) in [5.41, 5.74) is 1.54. The van der Waals surface area contributed by atoms with Crippen LogP contribution in [0.5, 0.6) is 11.8 Å². The minimum atomic E-state index is -0.320. The van der Waals surface area contributed by atoms with E-state index in [4.69, 9.17) is 9.47 Å². The van der Waals surface area contributed by atoms with Crippen LogP contribution >= 0.6 is 0 Å². The average molecular weight is 356 g/mol. The van der Waals surface area contributed by atoms with Crippen LogP contribution in [0, 0.1) is 5.92 Å². The van der Waals surface area contributed by atoms with Crippen molar-refractivity contribution in [2.75, 3.05) is 6.61 Å². The Morgan fingerprint density at radius 1 is 1.12 bits per heavy atom. The molecule has 0 spiro atoms. The molecule has 5 nitrogen and oxygen atoms in total. The summed E-state index contributed by atoms with van der Waals surface area (Å²) in [6.07, 6.45) is 6.83. The van der Waals surface area contributed by atoms with E-state index in [1.165, 1.54) is 12.8 Å². The number of nitrogens with zero attached hydrogens (tertiary/aromatic N) is 2. The highest BCUT2D eigenvalue weighted by atomic mass is 16.5. The van der Waals surface area contributed by atoms with Crippen LogP contribution in [0.15, 0.2) is 36.5 Å². The van der Waals surface area contributed by atoms with Gasteiger partial charge in [-0.2, -0.15) is 9.97 Å². The van der Waals surface area contributed by atoms with Gasteiger partial charge >= 0.3 is 12.0 Å². The van der Waals surface area contributed by atoms with Gasteiger partial charge in [0.05, 0.1) is 18.7 Å². The molecule has 1 atom stereocenters. The molecule has 0 aliphatic heterocycles. The lowest BCUT2D eigenvalue weighted by molar-refractivity contribution is -0.139. The summed E-state index contributed by atoms with van der Waals surface area (Å²) >= 11 is 0. The summed E-state index contributed by atoms with van der Waals surface area (Å²) in [6, 6.07) is 9.78. The molecule has 1 heterocycles. The number of esters is 1. The van der Waals surface area contributed by atoms with Gasteiger partial charge in [-0.05, 0) is 12.8 Å². The summed E-state index contributed by atoms with van der Waals surface area (Å²) in [4.78, 5) is 20.6. The number of ether oxygens (including phenoxy) is 2. The van der Waals surface area contributed by atoms with Crippen molar-refractivity contribution in [1.82, 2.24) is 9.97 Å². The van der Waals surface area contributed by atoms with Crippen LogP contribution < -0.4 is 9.47 Å². The lowest BCUT2D eigenvalue weighted by Crippen LogP contribution is -2.18. The Kier molecular flexibility index (Phi) is 8.06. The van der Waals surface area contributed by atoms with Gasteiger partial charge in [-0.15, -0.1) is 0 Å². The van der Waals surface area contributed by atoms with Crippen molar-refractivity contribution in [3.05, 3.63) is 36.5 Å². The summed E-state index contributed by atoms with van der Waals surface area (Å²) in [7, 11) is 0. The maximum Gasteiger partial charge on any atom is 0.325 e. The largest absolute Gasteiger partial charge is 0.490 e. The molecule has 0 fully saturated rings. The van der Waals surface area contributed by atoms with Gasteiger partial charge in [-0.25, -0.2) is 0 Å². The van der Waals surface area contributed by atoms with Crippen molar-refractivity contribution in [1.29, 1.82) is 0 Å². The van der Waals surface area contributed by atoms with Crippen LogP contribution in [0.25, 0.3) is 11.3 Å². The van der Waals surface area contributed by atoms with Gasteiger partial charge in [0.1, 0.15) is 5.69 Å². The maximum atomic E-state index is 12.0. The average Bonchev–Trinajstić information content (AvgIpc) is 2.68. The fourth-order valence-corrected chi connectivity index (χ4v) is 2.38. The monoisotopic (exact) mass is 356 g/mol. The Bertz CT molecular complexity index is 689. The number of carbonyl (C=O) groups is 1. The minimum Gasteiger partial charge on any atom is -0.490 e. The zero-order chi connectivity index (χ0) is 18.8. The number of hydrogen-bond donors (Lipinski definition) is 0. The summed E-state index contributed by atoms with van der Waals surface area (Å²) in [5, 5.41) is 0. The molecule has 2 aromatic rings. The molecule has 0 radical (unpaired) electrons. The Morgan fingerprint density at radius 2 is 1.88 bits per heavy atom. The fraction of sp³-hybridized carbons (Fsp3) is 0.476. The van der Waals surface area contributed by atoms with Gasteiger partial charge in [-0.3, -0.25) is 4.79 Å². The number of carbonyl (C=O) groups excluding carboxylic acids is 1. The van der Waals surface area contributed by atoms with Crippen LogP contribution in [0.1, 0.15) is 52.9 Å². The van der Waals surface area contributed by atoms with Gasteiger partial charge < -0.3 is 9.47 Å². The quantitative estimate of drug-likeness (QED) is 0.440. The molecule has 0 bridgehead atoms. The second-order valence-corrected chi connectivity index (χ2v) is 6.37. The molecule has 0 N–H and O–H groups in total. The van der Waals surface area contributed by atoms with Crippen molar-refractivity contribution in [2.24, 2.45) is 5.92 Å². The third-order valence-corrected chi connectivity index (χ3v) is 4.24. The first-order valence-corrected chi connectivity index (χ1v) is 9.42. The number of rotatable bonds is 10. The second-order valence-electron chi connectivity index (χ2n) is 6.37. The summed E-state index contributed by atoms with van der Waals surface area (Å²) < 4.78 is 11.2. The fourth-order valence-electron chi connectivity index (χ4n) is 2.38. The number of aromatic nitrogens is 2. The van der Waals surface area contributed by atoms with Crippen LogP contribution in [-0.2, 0) is 4.79 Å². The minimum absolute atomic E-state index is 0.0625. The Morgan fingerprint density at radius 3 is 2.58 bits per heavy atom. The van der Waals surface area contributed by atoms with Gasteiger partial charge in [0.25, 0.3) is 0 Å². The van der Waals surface area contributed by atoms with E-state index in [9.17, 15) is 4.79 Å². The van der Waals surface area contributed by atoms with E-state index in [2.05, 4.69) is 16.9 Å². The molecule has 2 rings (SSSR count). The molecule has 0 aliphatic carbocycles. The number of benzene rings is 1. The zero-order valence-electron chi connectivity index (χ0n) is 15.9. The van der Waals surface area contributed by atoms with E-state index in [1.807, 2.05) is 44.2 Å². The zero-order valence-corrected chi connectivity index (χ0v) is 15.9. The molecule has 1 aromatic heterocycles. The van der Waals surface area contributed by atoms with Gasteiger partial charge in [0, 0.05) is 5.56 Å². The molecular weight excluding hydrogens is 328 g/mol. The normalized spacial score (nSPS) is 11.8. The number of unbranched alkanes of at least 4 members (excludes halogenated alkanes) is 3. The molecule has 1 aromatic carbocycles. The maximum absolute atomic E-state index is 12.0. The second kappa shape index (κ2) is 10.5. The smallest absolute Gasteiger partial charge is 0.325 e. The van der Waals surface area contributed by atoms with E-state index in [-0.39, 0.29) is 17.9 Å². The molecule has 0 saturated carbocycles. The highest BCUT2D eigenvalue weighted by molar-refractivity contribution is 5.74. The summed E-state index contributed by atoms with van der Waals surface area (Å²) in [5.74, 6) is 0.101. The van der Waals surface area contributed by atoms with Gasteiger partial charge in [0.15, 0.2) is 5.75 Å². The van der Waals surface area contributed by atoms with Crippen molar-refractivity contribution in [3.63, 3.8) is 0 Å². The topological polar surface area (TPSA) is 61.3 Å². The first kappa shape index (κ1) is 19.9. The Hall–Kier alpha value is -2.43. The Balaban J connectivity index is 2.18. The van der Waals surface area contributed by atoms with Crippen LogP contribution in [0.4, 0.5) is 0 Å². The van der Waals surface area contributed by atoms with Crippen molar-refractivity contribution in [3.8, 4) is 23.0 Å². The van der Waals surface area contributed by atoms with E-state index in [1.54, 1.807) is 6.20 Å². The predicted octanol–water partition coefficient (Wildman–Crippen LogP) is 5.05. The van der Waals surface area contributed by atoms with Crippen LogP contribution in [-0.4, -0.2) is 22.5 Å². The van der Waals surface area contributed by atoms with Gasteiger partial charge in [-0.1, -0.05) is 70.4 Å². The number of hydrogen-bond acceptors (Lipinski definition) is 5. The first-order valence-electron chi connectivity index (χ1n) is 9.42. The van der Waals surface area contributed by atoms with Crippen molar-refractivity contribution in [2.45, 2.75) is 52.9 Å². The molecule has 5 heteroatoms. The Labute approximate surface area is 155 Å².